The number of carbonyl (C=O) groups is 2. The van der Waals surface area contributed by atoms with E-state index in [0.29, 0.717) is 16.9 Å². The van der Waals surface area contributed by atoms with Gasteiger partial charge in [0.05, 0.1) is 7.11 Å². The number of ketones is 1. The highest BCUT2D eigenvalue weighted by molar-refractivity contribution is 6.01. The summed E-state index contributed by atoms with van der Waals surface area (Å²) in [5.74, 6) is -0.225. The van der Waals surface area contributed by atoms with Crippen LogP contribution in [-0.2, 0) is 9.53 Å². The summed E-state index contributed by atoms with van der Waals surface area (Å²) in [6.07, 6.45) is 1.90. The van der Waals surface area contributed by atoms with Gasteiger partial charge in [-0.2, -0.15) is 0 Å². The van der Waals surface area contributed by atoms with Gasteiger partial charge in [0.15, 0.2) is 6.10 Å². The maximum absolute atomic E-state index is 13.1. The zero-order valence-electron chi connectivity index (χ0n) is 17.3. The zero-order chi connectivity index (χ0) is 21.5. The zero-order valence-corrected chi connectivity index (χ0v) is 17.3. The van der Waals surface area contributed by atoms with E-state index in [4.69, 9.17) is 9.47 Å². The molecule has 0 bridgehead atoms. The van der Waals surface area contributed by atoms with Crippen LogP contribution in [0.4, 0.5) is 0 Å². The van der Waals surface area contributed by atoms with E-state index in [-0.39, 0.29) is 5.78 Å². The van der Waals surface area contributed by atoms with Crippen LogP contribution in [0.2, 0.25) is 0 Å². The van der Waals surface area contributed by atoms with Crippen LogP contribution < -0.4 is 4.74 Å². The molecule has 1 atom stereocenters. The minimum absolute atomic E-state index is 0.266. The third-order valence-electron chi connectivity index (χ3n) is 4.73. The summed E-state index contributed by atoms with van der Waals surface area (Å²) in [4.78, 5) is 25.7. The van der Waals surface area contributed by atoms with Crippen molar-refractivity contribution in [2.24, 2.45) is 0 Å². The third kappa shape index (κ3) is 5.23. The maximum atomic E-state index is 13.1. The average molecular weight is 400 g/mol. The minimum atomic E-state index is -1.02. The van der Waals surface area contributed by atoms with E-state index in [0.717, 1.165) is 16.7 Å². The molecule has 0 fully saturated rings. The van der Waals surface area contributed by atoms with Crippen molar-refractivity contribution < 1.29 is 19.1 Å². The summed E-state index contributed by atoms with van der Waals surface area (Å²) < 4.78 is 10.9. The van der Waals surface area contributed by atoms with Crippen molar-refractivity contribution in [2.45, 2.75) is 20.0 Å². The molecule has 4 heteroatoms. The topological polar surface area (TPSA) is 52.6 Å². The predicted octanol–water partition coefficient (Wildman–Crippen LogP) is 5.49. The van der Waals surface area contributed by atoms with Crippen molar-refractivity contribution >= 4 is 17.8 Å². The van der Waals surface area contributed by atoms with Gasteiger partial charge in [-0.05, 0) is 26.0 Å². The van der Waals surface area contributed by atoms with Gasteiger partial charge in [0, 0.05) is 22.8 Å². The molecule has 0 aromatic heterocycles. The monoisotopic (exact) mass is 400 g/mol. The number of carbonyl (C=O) groups excluding carboxylic acids is 2. The number of ether oxygens (including phenoxy) is 2. The Kier molecular flexibility index (Phi) is 6.81. The number of rotatable bonds is 7. The number of benzene rings is 3. The third-order valence-corrected chi connectivity index (χ3v) is 4.73. The van der Waals surface area contributed by atoms with Crippen LogP contribution in [0.15, 0.2) is 78.9 Å². The number of aryl methyl sites for hydroxylation is 2. The molecule has 0 radical (unpaired) electrons. The molecule has 0 aliphatic rings. The van der Waals surface area contributed by atoms with Crippen molar-refractivity contribution in [2.75, 3.05) is 7.11 Å². The Bertz CT molecular complexity index is 1050. The van der Waals surface area contributed by atoms with Crippen molar-refractivity contribution in [3.63, 3.8) is 0 Å². The highest BCUT2D eigenvalue weighted by atomic mass is 16.5. The van der Waals surface area contributed by atoms with Gasteiger partial charge >= 0.3 is 5.97 Å². The summed E-state index contributed by atoms with van der Waals surface area (Å²) >= 11 is 0. The molecule has 0 saturated carbocycles. The fraction of sp³-hybridized carbons (Fsp3) is 0.154. The molecule has 3 aromatic carbocycles. The SMILES string of the molecule is COc1ccccc1/C=C/C(=O)OC(C(=O)c1ccc(C)cc1)c1ccc(C)cc1. The number of hydrogen-bond donors (Lipinski definition) is 0. The summed E-state index contributed by atoms with van der Waals surface area (Å²) in [6, 6.07) is 22.0. The van der Waals surface area contributed by atoms with Crippen LogP contribution in [0.3, 0.4) is 0 Å². The van der Waals surface area contributed by atoms with Gasteiger partial charge in [-0.15, -0.1) is 0 Å². The molecule has 3 aromatic rings. The Morgan fingerprint density at radius 2 is 1.43 bits per heavy atom. The molecule has 0 N–H and O–H groups in total. The summed E-state index contributed by atoms with van der Waals surface area (Å²) in [5, 5.41) is 0. The van der Waals surface area contributed by atoms with Crippen LogP contribution in [-0.4, -0.2) is 18.9 Å². The highest BCUT2D eigenvalue weighted by Gasteiger charge is 2.25. The van der Waals surface area contributed by atoms with Crippen LogP contribution in [0, 0.1) is 13.8 Å². The van der Waals surface area contributed by atoms with Crippen LogP contribution in [0.5, 0.6) is 5.75 Å². The van der Waals surface area contributed by atoms with Crippen LogP contribution in [0.1, 0.15) is 38.7 Å². The molecule has 152 valence electrons. The molecule has 0 aliphatic carbocycles. The second kappa shape index (κ2) is 9.70. The van der Waals surface area contributed by atoms with Crippen molar-refractivity contribution in [3.8, 4) is 5.75 Å². The van der Waals surface area contributed by atoms with Crippen LogP contribution in [0.25, 0.3) is 6.08 Å². The first kappa shape index (κ1) is 21.1. The molecule has 0 spiro atoms. The minimum Gasteiger partial charge on any atom is -0.496 e. The Balaban J connectivity index is 1.85. The molecule has 0 amide bonds. The van der Waals surface area contributed by atoms with Crippen LogP contribution >= 0.6 is 0 Å². The first-order valence-electron chi connectivity index (χ1n) is 9.67. The molecule has 1 unspecified atom stereocenters. The summed E-state index contributed by atoms with van der Waals surface area (Å²) in [6.45, 7) is 3.91. The van der Waals surface area contributed by atoms with E-state index in [1.807, 2.05) is 68.4 Å². The fourth-order valence-electron chi connectivity index (χ4n) is 3.00. The molecular weight excluding hydrogens is 376 g/mol. The van der Waals surface area contributed by atoms with Crippen molar-refractivity contribution in [1.82, 2.24) is 0 Å². The molecule has 0 heterocycles. The Hall–Kier alpha value is -3.66. The Morgan fingerprint density at radius 3 is 2.07 bits per heavy atom. The molecule has 30 heavy (non-hydrogen) atoms. The van der Waals surface area contributed by atoms with Gasteiger partial charge in [-0.1, -0.05) is 77.9 Å². The van der Waals surface area contributed by atoms with E-state index >= 15 is 0 Å². The van der Waals surface area contributed by atoms with Crippen molar-refractivity contribution in [1.29, 1.82) is 0 Å². The summed E-state index contributed by atoms with van der Waals surface area (Å²) in [5.41, 5.74) is 3.98. The molecule has 3 rings (SSSR count). The number of para-hydroxylation sites is 1. The number of Topliss-reactive ketones (excluding diaryl/α,β-unsaturated/α-hetero) is 1. The van der Waals surface area contributed by atoms with Gasteiger partial charge in [-0.3, -0.25) is 4.79 Å². The van der Waals surface area contributed by atoms with E-state index in [1.54, 1.807) is 31.4 Å². The lowest BCUT2D eigenvalue weighted by Crippen LogP contribution is -2.19. The highest BCUT2D eigenvalue weighted by Crippen LogP contribution is 2.24. The van der Waals surface area contributed by atoms with E-state index < -0.39 is 12.1 Å². The predicted molar refractivity (Wildman–Crippen MR) is 118 cm³/mol. The van der Waals surface area contributed by atoms with Gasteiger partial charge in [0.2, 0.25) is 5.78 Å². The number of hydrogen-bond acceptors (Lipinski definition) is 4. The second-order valence-corrected chi connectivity index (χ2v) is 7.03. The molecule has 0 saturated heterocycles. The lowest BCUT2D eigenvalue weighted by molar-refractivity contribution is -0.141. The first-order chi connectivity index (χ1) is 14.5. The fourth-order valence-corrected chi connectivity index (χ4v) is 3.00. The molecule has 4 nitrogen and oxygen atoms in total. The Morgan fingerprint density at radius 1 is 0.833 bits per heavy atom. The molecule has 0 aliphatic heterocycles. The normalized spacial score (nSPS) is 11.8. The van der Waals surface area contributed by atoms with Crippen molar-refractivity contribution in [3.05, 3.63) is 107 Å². The molecular formula is C26H24O4. The van der Waals surface area contributed by atoms with E-state index in [1.165, 1.54) is 6.08 Å². The standard InChI is InChI=1S/C26H24O4/c1-18-8-12-21(13-9-18)25(28)26(22-14-10-19(2)11-15-22)30-24(27)17-16-20-6-4-5-7-23(20)29-3/h4-17,26H,1-3H3/b17-16+. The summed E-state index contributed by atoms with van der Waals surface area (Å²) in [7, 11) is 1.57. The lowest BCUT2D eigenvalue weighted by atomic mass is 9.98. The number of esters is 1. The second-order valence-electron chi connectivity index (χ2n) is 7.03. The first-order valence-corrected chi connectivity index (χ1v) is 9.67. The van der Waals surface area contributed by atoms with Gasteiger partial charge in [0.25, 0.3) is 0 Å². The smallest absolute Gasteiger partial charge is 0.331 e. The largest absolute Gasteiger partial charge is 0.496 e. The quantitative estimate of drug-likeness (QED) is 0.299. The van der Waals surface area contributed by atoms with Gasteiger partial charge < -0.3 is 9.47 Å². The van der Waals surface area contributed by atoms with E-state index in [2.05, 4.69) is 0 Å². The Labute approximate surface area is 176 Å². The van der Waals surface area contributed by atoms with E-state index in [9.17, 15) is 9.59 Å². The van der Waals surface area contributed by atoms with Gasteiger partial charge in [0.1, 0.15) is 5.75 Å². The lowest BCUT2D eigenvalue weighted by Gasteiger charge is -2.17. The van der Waals surface area contributed by atoms with Gasteiger partial charge in [-0.25, -0.2) is 4.79 Å². The number of methoxy groups -OCH3 is 1. The maximum Gasteiger partial charge on any atom is 0.331 e. The average Bonchev–Trinajstić information content (AvgIpc) is 2.77.